The molecule has 4 heterocycles. The van der Waals surface area contributed by atoms with Gasteiger partial charge in [0.25, 0.3) is 0 Å². The molecule has 1 fully saturated rings. The summed E-state index contributed by atoms with van der Waals surface area (Å²) >= 11 is 0. The van der Waals surface area contributed by atoms with Crippen LogP contribution in [0.2, 0.25) is 0 Å². The second-order valence-electron chi connectivity index (χ2n) is 6.97. The molecule has 1 saturated heterocycles. The second kappa shape index (κ2) is 5.98. The van der Waals surface area contributed by atoms with Gasteiger partial charge in [0.2, 0.25) is 0 Å². The van der Waals surface area contributed by atoms with E-state index in [1.165, 1.54) is 24.1 Å². The van der Waals surface area contributed by atoms with E-state index in [4.69, 9.17) is 0 Å². The Labute approximate surface area is 146 Å². The Hall–Kier alpha value is -2.70. The lowest BCUT2D eigenvalue weighted by atomic mass is 9.95. The number of rotatable bonds is 4. The standard InChI is InChI=1S/C18H21N7/c1-2-4-15-14(3-1)9-17(23-22-15)24-11-13(12-24)10-20-18-16-5-6-21-25(16)8-7-19-18/h5-9,13H,1-4,10-12H2,(H,19,20). The van der Waals surface area contributed by atoms with Crippen LogP contribution in [0.5, 0.6) is 0 Å². The Morgan fingerprint density at radius 2 is 2.04 bits per heavy atom. The van der Waals surface area contributed by atoms with E-state index in [0.29, 0.717) is 5.92 Å². The molecule has 3 aromatic rings. The van der Waals surface area contributed by atoms with Crippen molar-refractivity contribution < 1.29 is 0 Å². The van der Waals surface area contributed by atoms with E-state index >= 15 is 0 Å². The molecular weight excluding hydrogens is 314 g/mol. The Morgan fingerprint density at radius 3 is 3.00 bits per heavy atom. The molecule has 0 unspecified atom stereocenters. The molecule has 7 nitrogen and oxygen atoms in total. The first kappa shape index (κ1) is 14.6. The van der Waals surface area contributed by atoms with Crippen molar-refractivity contribution in [3.05, 3.63) is 42.0 Å². The molecule has 0 spiro atoms. The van der Waals surface area contributed by atoms with Gasteiger partial charge in [-0.05, 0) is 43.4 Å². The molecule has 7 heteroatoms. The number of hydrogen-bond donors (Lipinski definition) is 1. The van der Waals surface area contributed by atoms with Crippen LogP contribution in [0.15, 0.2) is 30.7 Å². The molecule has 0 bridgehead atoms. The fraction of sp³-hybridized carbons (Fsp3) is 0.444. The van der Waals surface area contributed by atoms with Gasteiger partial charge in [0.05, 0.1) is 11.9 Å². The highest BCUT2D eigenvalue weighted by atomic mass is 15.3. The van der Waals surface area contributed by atoms with E-state index in [9.17, 15) is 0 Å². The largest absolute Gasteiger partial charge is 0.368 e. The van der Waals surface area contributed by atoms with Crippen LogP contribution in [0, 0.1) is 5.92 Å². The SMILES string of the molecule is c1cn2nccc2c(NCC2CN(c3cc4c(nn3)CCCC4)C2)n1. The molecule has 0 aromatic carbocycles. The van der Waals surface area contributed by atoms with Crippen LogP contribution in [-0.2, 0) is 12.8 Å². The first-order valence-corrected chi connectivity index (χ1v) is 8.99. The predicted octanol–water partition coefficient (Wildman–Crippen LogP) is 1.95. The molecule has 1 aliphatic heterocycles. The maximum atomic E-state index is 4.44. The summed E-state index contributed by atoms with van der Waals surface area (Å²) in [5.41, 5.74) is 3.61. The normalized spacial score (nSPS) is 17.4. The predicted molar refractivity (Wildman–Crippen MR) is 95.9 cm³/mol. The van der Waals surface area contributed by atoms with Crippen LogP contribution in [0.3, 0.4) is 0 Å². The van der Waals surface area contributed by atoms with Crippen molar-refractivity contribution in [3.63, 3.8) is 0 Å². The van der Waals surface area contributed by atoms with Crippen molar-refractivity contribution in [2.45, 2.75) is 25.7 Å². The lowest BCUT2D eigenvalue weighted by molar-refractivity contribution is 0.424. The summed E-state index contributed by atoms with van der Waals surface area (Å²) in [4.78, 5) is 6.75. The summed E-state index contributed by atoms with van der Waals surface area (Å²) in [5, 5.41) is 16.6. The Morgan fingerprint density at radius 1 is 1.12 bits per heavy atom. The van der Waals surface area contributed by atoms with Gasteiger partial charge in [0.1, 0.15) is 5.52 Å². The molecule has 0 atom stereocenters. The van der Waals surface area contributed by atoms with Crippen molar-refractivity contribution in [1.29, 1.82) is 0 Å². The van der Waals surface area contributed by atoms with Crippen LogP contribution >= 0.6 is 0 Å². The van der Waals surface area contributed by atoms with Crippen LogP contribution in [-0.4, -0.2) is 44.4 Å². The molecule has 3 aromatic heterocycles. The van der Waals surface area contributed by atoms with Crippen LogP contribution in [0.25, 0.3) is 5.52 Å². The van der Waals surface area contributed by atoms with Gasteiger partial charge in [-0.3, -0.25) is 0 Å². The summed E-state index contributed by atoms with van der Waals surface area (Å²) in [6.07, 6.45) is 10.2. The van der Waals surface area contributed by atoms with Crippen molar-refractivity contribution >= 4 is 17.2 Å². The highest BCUT2D eigenvalue weighted by Crippen LogP contribution is 2.27. The van der Waals surface area contributed by atoms with Crippen molar-refractivity contribution in [2.75, 3.05) is 29.9 Å². The van der Waals surface area contributed by atoms with Gasteiger partial charge in [-0.1, -0.05) is 0 Å². The number of nitrogens with zero attached hydrogens (tertiary/aromatic N) is 6. The van der Waals surface area contributed by atoms with Gasteiger partial charge in [0.15, 0.2) is 11.6 Å². The number of nitrogens with one attached hydrogen (secondary N) is 1. The number of aromatic nitrogens is 5. The van der Waals surface area contributed by atoms with E-state index < -0.39 is 0 Å². The highest BCUT2D eigenvalue weighted by Gasteiger charge is 2.28. The number of aryl methyl sites for hydroxylation is 2. The molecule has 128 valence electrons. The van der Waals surface area contributed by atoms with Gasteiger partial charge in [0, 0.05) is 37.9 Å². The zero-order valence-electron chi connectivity index (χ0n) is 14.1. The molecule has 1 N–H and O–H groups in total. The van der Waals surface area contributed by atoms with Crippen LogP contribution in [0.1, 0.15) is 24.1 Å². The molecule has 25 heavy (non-hydrogen) atoms. The summed E-state index contributed by atoms with van der Waals surface area (Å²) in [7, 11) is 0. The highest BCUT2D eigenvalue weighted by molar-refractivity contribution is 5.66. The summed E-state index contributed by atoms with van der Waals surface area (Å²) in [5.74, 6) is 2.53. The first-order chi connectivity index (χ1) is 12.4. The van der Waals surface area contributed by atoms with Crippen LogP contribution in [0.4, 0.5) is 11.6 Å². The topological polar surface area (TPSA) is 71.2 Å². The Kier molecular flexibility index (Phi) is 3.50. The van der Waals surface area contributed by atoms with E-state index in [1.54, 1.807) is 12.4 Å². The fourth-order valence-corrected chi connectivity index (χ4v) is 3.75. The second-order valence-corrected chi connectivity index (χ2v) is 6.97. The lowest BCUT2D eigenvalue weighted by Gasteiger charge is -2.40. The molecule has 0 radical (unpaired) electrons. The quantitative estimate of drug-likeness (QED) is 0.786. The fourth-order valence-electron chi connectivity index (χ4n) is 3.75. The Bertz CT molecular complexity index is 897. The molecule has 1 aliphatic carbocycles. The van der Waals surface area contributed by atoms with E-state index in [-0.39, 0.29) is 0 Å². The average Bonchev–Trinajstić information content (AvgIpc) is 3.10. The third kappa shape index (κ3) is 2.69. The summed E-state index contributed by atoms with van der Waals surface area (Å²) in [6.45, 7) is 2.94. The van der Waals surface area contributed by atoms with Gasteiger partial charge >= 0.3 is 0 Å². The summed E-state index contributed by atoms with van der Waals surface area (Å²) in [6, 6.07) is 4.23. The molecular formula is C18H21N7. The minimum absolute atomic E-state index is 0.600. The number of hydrogen-bond acceptors (Lipinski definition) is 6. The van der Waals surface area contributed by atoms with Gasteiger partial charge < -0.3 is 10.2 Å². The van der Waals surface area contributed by atoms with E-state index in [1.807, 2.05) is 16.8 Å². The molecule has 0 amide bonds. The first-order valence-electron chi connectivity index (χ1n) is 8.99. The van der Waals surface area contributed by atoms with Gasteiger partial charge in [-0.25, -0.2) is 9.50 Å². The number of fused-ring (bicyclic) bond motifs is 2. The molecule has 2 aliphatic rings. The minimum Gasteiger partial charge on any atom is -0.368 e. The monoisotopic (exact) mass is 335 g/mol. The zero-order chi connectivity index (χ0) is 16.6. The number of anilines is 2. The summed E-state index contributed by atoms with van der Waals surface area (Å²) < 4.78 is 1.84. The van der Waals surface area contributed by atoms with E-state index in [0.717, 1.165) is 49.6 Å². The van der Waals surface area contributed by atoms with E-state index in [2.05, 4.69) is 36.6 Å². The van der Waals surface area contributed by atoms with Crippen molar-refractivity contribution in [3.8, 4) is 0 Å². The van der Waals surface area contributed by atoms with Gasteiger partial charge in [-0.15, -0.1) is 5.10 Å². The average molecular weight is 335 g/mol. The van der Waals surface area contributed by atoms with Gasteiger partial charge in [-0.2, -0.15) is 10.2 Å². The van der Waals surface area contributed by atoms with Crippen LogP contribution < -0.4 is 10.2 Å². The van der Waals surface area contributed by atoms with Crippen molar-refractivity contribution in [2.24, 2.45) is 5.92 Å². The maximum Gasteiger partial charge on any atom is 0.152 e. The maximum absolute atomic E-state index is 4.44. The Balaban J connectivity index is 1.20. The zero-order valence-corrected chi connectivity index (χ0v) is 14.1. The molecule has 0 saturated carbocycles. The third-order valence-corrected chi connectivity index (χ3v) is 5.22. The molecule has 5 rings (SSSR count). The van der Waals surface area contributed by atoms with Crippen molar-refractivity contribution in [1.82, 2.24) is 24.8 Å². The third-order valence-electron chi connectivity index (χ3n) is 5.22. The smallest absolute Gasteiger partial charge is 0.152 e. The minimum atomic E-state index is 0.600. The lowest BCUT2D eigenvalue weighted by Crippen LogP contribution is -2.50.